The van der Waals surface area contributed by atoms with Crippen molar-refractivity contribution in [3.8, 4) is 17.2 Å². The second kappa shape index (κ2) is 6.51. The van der Waals surface area contributed by atoms with E-state index < -0.39 is 0 Å². The number of hydrogen-bond acceptors (Lipinski definition) is 4. The van der Waals surface area contributed by atoms with E-state index >= 15 is 0 Å². The van der Waals surface area contributed by atoms with E-state index in [9.17, 15) is 0 Å². The van der Waals surface area contributed by atoms with Crippen molar-refractivity contribution in [2.24, 2.45) is 0 Å². The first-order chi connectivity index (χ1) is 8.19. The Kier molecular flexibility index (Phi) is 5.31. The Morgan fingerprint density at radius 1 is 1.18 bits per heavy atom. The number of rotatable bonds is 5. The van der Waals surface area contributed by atoms with Crippen LogP contribution in [-0.2, 0) is 0 Å². The minimum atomic E-state index is -0.0247. The maximum absolute atomic E-state index is 8.78. The summed E-state index contributed by atoms with van der Waals surface area (Å²) >= 11 is 3.43. The molecule has 0 heterocycles. The van der Waals surface area contributed by atoms with Crippen molar-refractivity contribution >= 4 is 22.0 Å². The predicted octanol–water partition coefficient (Wildman–Crippen LogP) is 2.48. The zero-order valence-corrected chi connectivity index (χ0v) is 11.6. The van der Waals surface area contributed by atoms with Gasteiger partial charge in [0.1, 0.15) is 0 Å². The van der Waals surface area contributed by atoms with Gasteiger partial charge in [-0.3, -0.25) is 0 Å². The Balaban J connectivity index is 3.39. The van der Waals surface area contributed by atoms with Crippen molar-refractivity contribution in [1.29, 1.82) is 0 Å². The van der Waals surface area contributed by atoms with E-state index in [-0.39, 0.29) is 6.61 Å². The third-order valence-electron chi connectivity index (χ3n) is 2.20. The van der Waals surface area contributed by atoms with Crippen LogP contribution in [0.3, 0.4) is 0 Å². The molecule has 0 amide bonds. The van der Waals surface area contributed by atoms with Crippen LogP contribution in [0.25, 0.3) is 6.08 Å². The van der Waals surface area contributed by atoms with Gasteiger partial charge in [0.05, 0.1) is 32.4 Å². The molecule has 0 atom stereocenters. The van der Waals surface area contributed by atoms with Crippen molar-refractivity contribution in [1.82, 2.24) is 0 Å². The fourth-order valence-electron chi connectivity index (χ4n) is 1.44. The number of benzene rings is 1. The smallest absolute Gasteiger partial charge is 0.204 e. The molecule has 0 bridgehead atoms. The summed E-state index contributed by atoms with van der Waals surface area (Å²) in [5.41, 5.74) is 0.841. The van der Waals surface area contributed by atoms with E-state index in [0.29, 0.717) is 17.2 Å². The molecule has 0 aromatic heterocycles. The molecule has 0 saturated carbocycles. The molecule has 1 aromatic rings. The lowest BCUT2D eigenvalue weighted by Gasteiger charge is -2.15. The Morgan fingerprint density at radius 2 is 1.82 bits per heavy atom. The van der Waals surface area contributed by atoms with Crippen LogP contribution in [-0.4, -0.2) is 33.0 Å². The molecule has 1 N–H and O–H groups in total. The second-order valence-corrected chi connectivity index (χ2v) is 3.93. The van der Waals surface area contributed by atoms with Gasteiger partial charge in [-0.25, -0.2) is 0 Å². The minimum absolute atomic E-state index is 0.0247. The van der Waals surface area contributed by atoms with Crippen molar-refractivity contribution < 1.29 is 19.3 Å². The molecule has 0 radical (unpaired) electrons. The molecule has 0 aliphatic heterocycles. The summed E-state index contributed by atoms with van der Waals surface area (Å²) in [6.07, 6.45) is 3.40. The van der Waals surface area contributed by atoms with Gasteiger partial charge in [0.25, 0.3) is 0 Å². The molecule has 0 aliphatic carbocycles. The maximum atomic E-state index is 8.78. The molecule has 1 rings (SSSR count). The second-order valence-electron chi connectivity index (χ2n) is 3.13. The average Bonchev–Trinajstić information content (AvgIpc) is 2.36. The molecule has 4 nitrogen and oxygen atoms in total. The summed E-state index contributed by atoms with van der Waals surface area (Å²) in [5, 5.41) is 8.78. The van der Waals surface area contributed by atoms with Gasteiger partial charge >= 0.3 is 0 Å². The summed E-state index contributed by atoms with van der Waals surface area (Å²) in [7, 11) is 4.67. The van der Waals surface area contributed by atoms with E-state index in [2.05, 4.69) is 15.9 Å². The van der Waals surface area contributed by atoms with Crippen LogP contribution in [0, 0.1) is 0 Å². The zero-order valence-electron chi connectivity index (χ0n) is 9.99. The molecule has 0 fully saturated rings. The highest BCUT2D eigenvalue weighted by Gasteiger charge is 2.17. The average molecular weight is 303 g/mol. The molecule has 0 aliphatic rings. The van der Waals surface area contributed by atoms with Crippen molar-refractivity contribution in [3.05, 3.63) is 22.2 Å². The molecule has 0 spiro atoms. The van der Waals surface area contributed by atoms with E-state index in [1.807, 2.05) is 0 Å². The van der Waals surface area contributed by atoms with Gasteiger partial charge < -0.3 is 19.3 Å². The largest absolute Gasteiger partial charge is 0.493 e. The first-order valence-corrected chi connectivity index (χ1v) is 5.74. The fourth-order valence-corrected chi connectivity index (χ4v) is 2.03. The lowest BCUT2D eigenvalue weighted by atomic mass is 10.1. The number of halogens is 1. The van der Waals surface area contributed by atoms with Crippen molar-refractivity contribution in [2.45, 2.75) is 0 Å². The molecule has 0 saturated heterocycles. The van der Waals surface area contributed by atoms with Gasteiger partial charge in [-0.1, -0.05) is 12.2 Å². The fraction of sp³-hybridized carbons (Fsp3) is 0.333. The molecule has 1 aromatic carbocycles. The highest BCUT2D eigenvalue weighted by molar-refractivity contribution is 9.10. The van der Waals surface area contributed by atoms with E-state index in [1.165, 1.54) is 0 Å². The van der Waals surface area contributed by atoms with Gasteiger partial charge in [0.2, 0.25) is 5.75 Å². The predicted molar refractivity (Wildman–Crippen MR) is 69.9 cm³/mol. The van der Waals surface area contributed by atoms with E-state index in [1.54, 1.807) is 39.5 Å². The van der Waals surface area contributed by atoms with Crippen LogP contribution in [0.15, 0.2) is 16.6 Å². The first-order valence-electron chi connectivity index (χ1n) is 4.95. The van der Waals surface area contributed by atoms with Gasteiger partial charge in [0, 0.05) is 0 Å². The van der Waals surface area contributed by atoms with E-state index in [4.69, 9.17) is 19.3 Å². The Labute approximate surface area is 109 Å². The standard InChI is InChI=1S/C12H15BrO4/c1-15-9-7-8(5-4-6-14)10(13)12(17-3)11(9)16-2/h4-5,7,14H,6H2,1-3H3. The Bertz CT molecular complexity index is 415. The van der Waals surface area contributed by atoms with Crippen LogP contribution >= 0.6 is 15.9 Å². The lowest BCUT2D eigenvalue weighted by Crippen LogP contribution is -1.97. The summed E-state index contributed by atoms with van der Waals surface area (Å²) in [6, 6.07) is 1.80. The molecular weight excluding hydrogens is 288 g/mol. The highest BCUT2D eigenvalue weighted by atomic mass is 79.9. The molecule has 0 unspecified atom stereocenters. The third-order valence-corrected chi connectivity index (χ3v) is 3.02. The topological polar surface area (TPSA) is 47.9 Å². The van der Waals surface area contributed by atoms with Crippen molar-refractivity contribution in [3.63, 3.8) is 0 Å². The molecular formula is C12H15BrO4. The number of aliphatic hydroxyl groups excluding tert-OH is 1. The van der Waals surface area contributed by atoms with Crippen LogP contribution < -0.4 is 14.2 Å². The maximum Gasteiger partial charge on any atom is 0.204 e. The summed E-state index contributed by atoms with van der Waals surface area (Å²) < 4.78 is 16.5. The van der Waals surface area contributed by atoms with Gasteiger partial charge in [-0.2, -0.15) is 0 Å². The van der Waals surface area contributed by atoms with Crippen LogP contribution in [0.5, 0.6) is 17.2 Å². The zero-order chi connectivity index (χ0) is 12.8. The number of hydrogen-bond donors (Lipinski definition) is 1. The van der Waals surface area contributed by atoms with Gasteiger partial charge in [0.15, 0.2) is 11.5 Å². The third kappa shape index (κ3) is 2.92. The first kappa shape index (κ1) is 13.9. The number of aliphatic hydroxyl groups is 1. The highest BCUT2D eigenvalue weighted by Crippen LogP contribution is 2.45. The van der Waals surface area contributed by atoms with Gasteiger partial charge in [-0.05, 0) is 27.6 Å². The monoisotopic (exact) mass is 302 g/mol. The normalized spacial score (nSPS) is 10.6. The molecule has 5 heteroatoms. The summed E-state index contributed by atoms with van der Waals surface area (Å²) in [5.74, 6) is 1.66. The van der Waals surface area contributed by atoms with Crippen LogP contribution in [0.4, 0.5) is 0 Å². The van der Waals surface area contributed by atoms with Crippen molar-refractivity contribution in [2.75, 3.05) is 27.9 Å². The Morgan fingerprint density at radius 3 is 2.29 bits per heavy atom. The van der Waals surface area contributed by atoms with Crippen LogP contribution in [0.2, 0.25) is 0 Å². The molecule has 17 heavy (non-hydrogen) atoms. The minimum Gasteiger partial charge on any atom is -0.493 e. The SMILES string of the molecule is COc1cc(C=CCO)c(Br)c(OC)c1OC. The van der Waals surface area contributed by atoms with Crippen LogP contribution in [0.1, 0.15) is 5.56 Å². The summed E-state index contributed by atoms with van der Waals surface area (Å²) in [6.45, 7) is -0.0247. The number of ether oxygens (including phenoxy) is 3. The van der Waals surface area contributed by atoms with Gasteiger partial charge in [-0.15, -0.1) is 0 Å². The van der Waals surface area contributed by atoms with E-state index in [0.717, 1.165) is 10.0 Å². The lowest BCUT2D eigenvalue weighted by molar-refractivity contribution is 0.323. The Hall–Kier alpha value is -1.20. The summed E-state index contributed by atoms with van der Waals surface area (Å²) in [4.78, 5) is 0. The quantitative estimate of drug-likeness (QED) is 0.908. The number of methoxy groups -OCH3 is 3. The molecule has 94 valence electrons.